The summed E-state index contributed by atoms with van der Waals surface area (Å²) in [6, 6.07) is 8.42. The van der Waals surface area contributed by atoms with Crippen LogP contribution in [0.4, 0.5) is 0 Å². The second-order valence-corrected chi connectivity index (χ2v) is 6.31. The first-order valence-electron chi connectivity index (χ1n) is 7.72. The van der Waals surface area contributed by atoms with Gasteiger partial charge < -0.3 is 10.1 Å². The zero-order chi connectivity index (χ0) is 14.8. The Balaban J connectivity index is 2.47. The molecule has 114 valence electrons. The third-order valence-corrected chi connectivity index (χ3v) is 4.02. The van der Waals surface area contributed by atoms with Gasteiger partial charge in [0.05, 0.1) is 12.2 Å². The highest BCUT2D eigenvalue weighted by atomic mass is 79.9. The van der Waals surface area contributed by atoms with Gasteiger partial charge in [0, 0.05) is 11.0 Å². The van der Waals surface area contributed by atoms with E-state index in [9.17, 15) is 0 Å². The third kappa shape index (κ3) is 6.87. The smallest absolute Gasteiger partial charge is 0.0952 e. The summed E-state index contributed by atoms with van der Waals surface area (Å²) in [5.41, 5.74) is 1.24. The Bertz CT molecular complexity index is 353. The van der Waals surface area contributed by atoms with Crippen LogP contribution in [-0.4, -0.2) is 19.7 Å². The molecule has 1 rings (SSSR count). The Hall–Kier alpha value is -0.380. The van der Waals surface area contributed by atoms with E-state index in [0.717, 1.165) is 17.4 Å². The van der Waals surface area contributed by atoms with Gasteiger partial charge in [0.25, 0.3) is 0 Å². The molecule has 0 aliphatic rings. The van der Waals surface area contributed by atoms with Gasteiger partial charge in [0.1, 0.15) is 0 Å². The molecule has 2 unspecified atom stereocenters. The third-order valence-electron chi connectivity index (χ3n) is 3.49. The molecule has 2 nitrogen and oxygen atoms in total. The summed E-state index contributed by atoms with van der Waals surface area (Å²) < 4.78 is 7.33. The van der Waals surface area contributed by atoms with Crippen molar-refractivity contribution in [1.29, 1.82) is 0 Å². The predicted molar refractivity (Wildman–Crippen MR) is 90.1 cm³/mol. The van der Waals surface area contributed by atoms with Crippen LogP contribution in [0.25, 0.3) is 0 Å². The van der Waals surface area contributed by atoms with Gasteiger partial charge >= 0.3 is 0 Å². The first kappa shape index (κ1) is 17.7. The molecule has 2 atom stereocenters. The minimum absolute atomic E-state index is 0.134. The predicted octanol–water partition coefficient (Wildman–Crippen LogP) is 5.09. The van der Waals surface area contributed by atoms with Crippen LogP contribution in [0.1, 0.15) is 57.6 Å². The summed E-state index contributed by atoms with van der Waals surface area (Å²) in [6.07, 6.45) is 6.80. The summed E-state index contributed by atoms with van der Waals surface area (Å²) in [5.74, 6) is 0. The van der Waals surface area contributed by atoms with Crippen LogP contribution in [0.5, 0.6) is 0 Å². The second-order valence-electron chi connectivity index (χ2n) is 5.39. The van der Waals surface area contributed by atoms with E-state index in [-0.39, 0.29) is 6.10 Å². The van der Waals surface area contributed by atoms with Gasteiger partial charge in [-0.1, -0.05) is 60.7 Å². The summed E-state index contributed by atoms with van der Waals surface area (Å²) >= 11 is 3.48. The highest BCUT2D eigenvalue weighted by Crippen LogP contribution is 2.22. The highest BCUT2D eigenvalue weighted by Gasteiger charge is 2.14. The van der Waals surface area contributed by atoms with Gasteiger partial charge in [-0.15, -0.1) is 0 Å². The Kier molecular flexibility index (Phi) is 9.16. The van der Waals surface area contributed by atoms with Crippen molar-refractivity contribution in [2.24, 2.45) is 0 Å². The van der Waals surface area contributed by atoms with E-state index in [4.69, 9.17) is 4.74 Å². The SMILES string of the molecule is CCCCCCC(C)OC(CNC)c1ccc(Br)cc1. The molecular weight excluding hydrogens is 314 g/mol. The molecular formula is C17H28BrNO. The first-order valence-corrected chi connectivity index (χ1v) is 8.52. The van der Waals surface area contributed by atoms with Gasteiger partial charge in [0.15, 0.2) is 0 Å². The zero-order valence-corrected chi connectivity index (χ0v) is 14.6. The standard InChI is InChI=1S/C17H28BrNO/c1-4-5-6-7-8-14(2)20-17(13-19-3)15-9-11-16(18)12-10-15/h9-12,14,17,19H,4-8,13H2,1-3H3. The Morgan fingerprint density at radius 2 is 1.85 bits per heavy atom. The van der Waals surface area contributed by atoms with Gasteiger partial charge in [-0.2, -0.15) is 0 Å². The lowest BCUT2D eigenvalue weighted by atomic mass is 10.1. The topological polar surface area (TPSA) is 21.3 Å². The molecule has 0 amide bonds. The van der Waals surface area contributed by atoms with Crippen molar-refractivity contribution in [2.75, 3.05) is 13.6 Å². The molecule has 3 heteroatoms. The Morgan fingerprint density at radius 3 is 2.45 bits per heavy atom. The molecule has 1 aromatic rings. The number of nitrogens with one attached hydrogen (secondary N) is 1. The molecule has 0 aliphatic heterocycles. The maximum atomic E-state index is 6.22. The molecule has 0 bridgehead atoms. The van der Waals surface area contributed by atoms with Crippen molar-refractivity contribution in [2.45, 2.75) is 58.2 Å². The number of benzene rings is 1. The van der Waals surface area contributed by atoms with Crippen LogP contribution >= 0.6 is 15.9 Å². The van der Waals surface area contributed by atoms with Crippen molar-refractivity contribution in [3.63, 3.8) is 0 Å². The molecule has 0 aromatic heterocycles. The van der Waals surface area contributed by atoms with E-state index in [1.165, 1.54) is 31.2 Å². The van der Waals surface area contributed by atoms with Crippen molar-refractivity contribution in [3.05, 3.63) is 34.3 Å². The minimum Gasteiger partial charge on any atom is -0.369 e. The monoisotopic (exact) mass is 341 g/mol. The van der Waals surface area contributed by atoms with E-state index in [1.807, 2.05) is 7.05 Å². The van der Waals surface area contributed by atoms with Gasteiger partial charge in [-0.05, 0) is 38.1 Å². The highest BCUT2D eigenvalue weighted by molar-refractivity contribution is 9.10. The molecule has 1 aromatic carbocycles. The van der Waals surface area contributed by atoms with Crippen molar-refractivity contribution in [3.8, 4) is 0 Å². The minimum atomic E-state index is 0.134. The fourth-order valence-electron chi connectivity index (χ4n) is 2.31. The number of halogens is 1. The van der Waals surface area contributed by atoms with E-state index in [2.05, 4.69) is 59.4 Å². The van der Waals surface area contributed by atoms with Crippen LogP contribution in [0, 0.1) is 0 Å². The fourth-order valence-corrected chi connectivity index (χ4v) is 2.58. The lowest BCUT2D eigenvalue weighted by Crippen LogP contribution is -2.23. The lowest BCUT2D eigenvalue weighted by Gasteiger charge is -2.23. The first-order chi connectivity index (χ1) is 9.67. The maximum absolute atomic E-state index is 6.22. The van der Waals surface area contributed by atoms with Crippen LogP contribution in [0.3, 0.4) is 0 Å². The van der Waals surface area contributed by atoms with Crippen LogP contribution in [0.15, 0.2) is 28.7 Å². The number of hydrogen-bond donors (Lipinski definition) is 1. The molecule has 1 N–H and O–H groups in total. The zero-order valence-electron chi connectivity index (χ0n) is 13.0. The lowest BCUT2D eigenvalue weighted by molar-refractivity contribution is -0.00719. The molecule has 0 saturated carbocycles. The summed E-state index contributed by atoms with van der Waals surface area (Å²) in [6.45, 7) is 5.28. The maximum Gasteiger partial charge on any atom is 0.0952 e. The molecule has 0 aliphatic carbocycles. The Labute approximate surface area is 132 Å². The van der Waals surface area contributed by atoms with E-state index in [0.29, 0.717) is 6.10 Å². The van der Waals surface area contributed by atoms with Gasteiger partial charge in [0.2, 0.25) is 0 Å². The fraction of sp³-hybridized carbons (Fsp3) is 0.647. The number of rotatable bonds is 10. The molecule has 0 heterocycles. The number of ether oxygens (including phenoxy) is 1. The molecule has 0 spiro atoms. The average Bonchev–Trinajstić information content (AvgIpc) is 2.44. The van der Waals surface area contributed by atoms with Crippen molar-refractivity contribution in [1.82, 2.24) is 5.32 Å². The van der Waals surface area contributed by atoms with Crippen LogP contribution < -0.4 is 5.32 Å². The molecule has 0 fully saturated rings. The molecule has 20 heavy (non-hydrogen) atoms. The molecule has 0 radical (unpaired) electrons. The summed E-state index contributed by atoms with van der Waals surface area (Å²) in [4.78, 5) is 0. The van der Waals surface area contributed by atoms with Crippen LogP contribution in [0.2, 0.25) is 0 Å². The largest absolute Gasteiger partial charge is 0.369 e. The second kappa shape index (κ2) is 10.4. The quantitative estimate of drug-likeness (QED) is 0.598. The van der Waals surface area contributed by atoms with Crippen molar-refractivity contribution < 1.29 is 4.74 Å². The van der Waals surface area contributed by atoms with E-state index in [1.54, 1.807) is 0 Å². The summed E-state index contributed by atoms with van der Waals surface area (Å²) in [5, 5.41) is 3.23. The van der Waals surface area contributed by atoms with E-state index >= 15 is 0 Å². The number of likely N-dealkylation sites (N-methyl/N-ethyl adjacent to an activating group) is 1. The van der Waals surface area contributed by atoms with Crippen molar-refractivity contribution >= 4 is 15.9 Å². The summed E-state index contributed by atoms with van der Waals surface area (Å²) in [7, 11) is 1.97. The van der Waals surface area contributed by atoms with Crippen LogP contribution in [-0.2, 0) is 4.74 Å². The normalized spacial score (nSPS) is 14.2. The van der Waals surface area contributed by atoms with Gasteiger partial charge in [-0.3, -0.25) is 0 Å². The van der Waals surface area contributed by atoms with E-state index < -0.39 is 0 Å². The molecule has 0 saturated heterocycles. The number of hydrogen-bond acceptors (Lipinski definition) is 2. The number of unbranched alkanes of at least 4 members (excludes halogenated alkanes) is 3. The average molecular weight is 342 g/mol. The van der Waals surface area contributed by atoms with Gasteiger partial charge in [-0.25, -0.2) is 0 Å². The Morgan fingerprint density at radius 1 is 1.15 bits per heavy atom.